The van der Waals surface area contributed by atoms with E-state index in [4.69, 9.17) is 5.11 Å². The lowest BCUT2D eigenvalue weighted by molar-refractivity contribution is -0.144. The molecule has 0 saturated carbocycles. The summed E-state index contributed by atoms with van der Waals surface area (Å²) in [6, 6.07) is 5.62. The lowest BCUT2D eigenvalue weighted by Gasteiger charge is -2.41. The Morgan fingerprint density at radius 1 is 1.35 bits per heavy atom. The van der Waals surface area contributed by atoms with Gasteiger partial charge in [-0.1, -0.05) is 19.1 Å². The van der Waals surface area contributed by atoms with Gasteiger partial charge in [0.2, 0.25) is 0 Å². The van der Waals surface area contributed by atoms with E-state index in [0.717, 1.165) is 16.8 Å². The number of urea groups is 1. The first-order chi connectivity index (χ1) is 9.40. The van der Waals surface area contributed by atoms with Crippen molar-refractivity contribution in [1.82, 2.24) is 4.90 Å². The maximum absolute atomic E-state index is 12.1. The van der Waals surface area contributed by atoms with Crippen LogP contribution in [0.4, 0.5) is 10.5 Å². The Balaban J connectivity index is 1.92. The number of hydrogen-bond donors (Lipinski definition) is 2. The molecule has 0 radical (unpaired) electrons. The number of anilines is 1. The molecule has 1 saturated heterocycles. The van der Waals surface area contributed by atoms with E-state index in [9.17, 15) is 9.59 Å². The molecule has 0 aromatic heterocycles. The van der Waals surface area contributed by atoms with Crippen molar-refractivity contribution in [3.05, 3.63) is 29.3 Å². The highest BCUT2D eigenvalue weighted by Crippen LogP contribution is 2.25. The van der Waals surface area contributed by atoms with E-state index >= 15 is 0 Å². The van der Waals surface area contributed by atoms with E-state index in [1.165, 1.54) is 0 Å². The van der Waals surface area contributed by atoms with Crippen molar-refractivity contribution in [3.63, 3.8) is 0 Å². The van der Waals surface area contributed by atoms with Crippen LogP contribution in [0.5, 0.6) is 0 Å². The molecule has 1 aliphatic rings. The van der Waals surface area contributed by atoms with Crippen LogP contribution in [0.1, 0.15) is 18.1 Å². The summed E-state index contributed by atoms with van der Waals surface area (Å²) in [6.07, 6.45) is 0. The Kier molecular flexibility index (Phi) is 3.97. The summed E-state index contributed by atoms with van der Waals surface area (Å²) in [5.74, 6) is -1.15. The van der Waals surface area contributed by atoms with Crippen LogP contribution in [0.3, 0.4) is 0 Å². The number of aliphatic carboxylic acids is 1. The van der Waals surface area contributed by atoms with Crippen molar-refractivity contribution in [2.24, 2.45) is 11.8 Å². The zero-order valence-corrected chi connectivity index (χ0v) is 12.0. The molecule has 2 amide bonds. The largest absolute Gasteiger partial charge is 0.481 e. The second-order valence-electron chi connectivity index (χ2n) is 5.47. The van der Waals surface area contributed by atoms with E-state index < -0.39 is 11.9 Å². The lowest BCUT2D eigenvalue weighted by Crippen LogP contribution is -2.54. The summed E-state index contributed by atoms with van der Waals surface area (Å²) in [5.41, 5.74) is 2.99. The molecule has 0 aliphatic carbocycles. The number of carbonyl (C=O) groups excluding carboxylic acids is 1. The first-order valence-electron chi connectivity index (χ1n) is 6.75. The number of nitrogens with zero attached hydrogens (tertiary/aromatic N) is 1. The normalized spacial score (nSPS) is 16.4. The van der Waals surface area contributed by atoms with Gasteiger partial charge in [-0.25, -0.2) is 4.79 Å². The minimum atomic E-state index is -0.801. The first-order valence-corrected chi connectivity index (χ1v) is 6.75. The number of carboxylic acid groups (broad SMARTS) is 1. The molecule has 2 rings (SSSR count). The van der Waals surface area contributed by atoms with Crippen LogP contribution in [-0.2, 0) is 4.79 Å². The predicted molar refractivity (Wildman–Crippen MR) is 76.8 cm³/mol. The molecule has 0 bridgehead atoms. The molecule has 1 fully saturated rings. The molecule has 108 valence electrons. The Hall–Kier alpha value is -2.04. The third-order valence-electron chi connectivity index (χ3n) is 4.14. The van der Waals surface area contributed by atoms with E-state index in [1.807, 2.05) is 32.0 Å². The Bertz CT molecular complexity index is 536. The monoisotopic (exact) mass is 276 g/mol. The highest BCUT2D eigenvalue weighted by atomic mass is 16.4. The minimum Gasteiger partial charge on any atom is -0.481 e. The minimum absolute atomic E-state index is 0.0526. The molecule has 2 N–H and O–H groups in total. The van der Waals surface area contributed by atoms with Crippen molar-refractivity contribution in [2.45, 2.75) is 20.8 Å². The summed E-state index contributed by atoms with van der Waals surface area (Å²) in [7, 11) is 0. The van der Waals surface area contributed by atoms with Crippen LogP contribution < -0.4 is 5.32 Å². The smallest absolute Gasteiger partial charge is 0.321 e. The van der Waals surface area contributed by atoms with E-state index in [1.54, 1.807) is 11.8 Å². The molecule has 1 atom stereocenters. The molecular formula is C15H20N2O3. The number of benzene rings is 1. The van der Waals surface area contributed by atoms with Gasteiger partial charge in [0, 0.05) is 24.7 Å². The Morgan fingerprint density at radius 3 is 2.60 bits per heavy atom. The molecule has 5 heteroatoms. The van der Waals surface area contributed by atoms with Crippen LogP contribution in [0.15, 0.2) is 18.2 Å². The number of nitrogens with one attached hydrogen (secondary N) is 1. The molecule has 1 aliphatic heterocycles. The van der Waals surface area contributed by atoms with Crippen LogP contribution in [0.25, 0.3) is 0 Å². The van der Waals surface area contributed by atoms with Crippen LogP contribution >= 0.6 is 0 Å². The predicted octanol–water partition coefficient (Wildman–Crippen LogP) is 2.49. The van der Waals surface area contributed by atoms with Crippen molar-refractivity contribution < 1.29 is 14.7 Å². The van der Waals surface area contributed by atoms with Gasteiger partial charge in [0.15, 0.2) is 0 Å². The van der Waals surface area contributed by atoms with Crippen molar-refractivity contribution >= 4 is 17.7 Å². The molecule has 1 aromatic carbocycles. The first kappa shape index (κ1) is 14.4. The van der Waals surface area contributed by atoms with Crippen LogP contribution in [-0.4, -0.2) is 35.1 Å². The quantitative estimate of drug-likeness (QED) is 0.891. The van der Waals surface area contributed by atoms with Crippen LogP contribution in [0, 0.1) is 25.7 Å². The van der Waals surface area contributed by atoms with Gasteiger partial charge in [-0.15, -0.1) is 0 Å². The SMILES string of the molecule is Cc1cccc(NC(=O)N2CC(C(C)C(=O)O)C2)c1C. The average Bonchev–Trinajstić information content (AvgIpc) is 2.33. The Morgan fingerprint density at radius 2 is 2.00 bits per heavy atom. The fourth-order valence-electron chi connectivity index (χ4n) is 2.28. The van der Waals surface area contributed by atoms with Crippen molar-refractivity contribution in [2.75, 3.05) is 18.4 Å². The number of amides is 2. The lowest BCUT2D eigenvalue weighted by atomic mass is 9.87. The molecule has 1 unspecified atom stereocenters. The third-order valence-corrected chi connectivity index (χ3v) is 4.14. The second-order valence-corrected chi connectivity index (χ2v) is 5.47. The van der Waals surface area contributed by atoms with Gasteiger partial charge in [-0.3, -0.25) is 4.79 Å². The molecule has 0 spiro atoms. The highest BCUT2D eigenvalue weighted by Gasteiger charge is 2.37. The fourth-order valence-corrected chi connectivity index (χ4v) is 2.28. The van der Waals surface area contributed by atoms with Gasteiger partial charge in [-0.2, -0.15) is 0 Å². The average molecular weight is 276 g/mol. The maximum atomic E-state index is 12.1. The number of rotatable bonds is 3. The third kappa shape index (κ3) is 2.76. The molecule has 5 nitrogen and oxygen atoms in total. The molecule has 20 heavy (non-hydrogen) atoms. The summed E-state index contributed by atoms with van der Waals surface area (Å²) in [4.78, 5) is 24.6. The van der Waals surface area contributed by atoms with Gasteiger partial charge in [0.1, 0.15) is 0 Å². The zero-order chi connectivity index (χ0) is 14.9. The standard InChI is InChI=1S/C15H20N2O3/c1-9-5-4-6-13(10(9)2)16-15(20)17-7-12(8-17)11(3)14(18)19/h4-6,11-12H,7-8H2,1-3H3,(H,16,20)(H,18,19). The number of aryl methyl sites for hydroxylation is 1. The zero-order valence-electron chi connectivity index (χ0n) is 12.0. The van der Waals surface area contributed by atoms with Crippen LogP contribution in [0.2, 0.25) is 0 Å². The Labute approximate surface area is 118 Å². The summed E-state index contributed by atoms with van der Waals surface area (Å²) >= 11 is 0. The van der Waals surface area contributed by atoms with Gasteiger partial charge in [0.25, 0.3) is 0 Å². The number of carbonyl (C=O) groups is 2. The summed E-state index contributed by atoms with van der Waals surface area (Å²) < 4.78 is 0. The van der Waals surface area contributed by atoms with Gasteiger partial charge < -0.3 is 15.3 Å². The van der Waals surface area contributed by atoms with E-state index in [0.29, 0.717) is 13.1 Å². The molecular weight excluding hydrogens is 256 g/mol. The topological polar surface area (TPSA) is 69.6 Å². The fraction of sp³-hybridized carbons (Fsp3) is 0.467. The van der Waals surface area contributed by atoms with Crippen molar-refractivity contribution in [1.29, 1.82) is 0 Å². The number of likely N-dealkylation sites (tertiary alicyclic amines) is 1. The molecule has 1 heterocycles. The number of hydrogen-bond acceptors (Lipinski definition) is 2. The number of carboxylic acids is 1. The maximum Gasteiger partial charge on any atom is 0.321 e. The molecule has 1 aromatic rings. The second kappa shape index (κ2) is 5.53. The van der Waals surface area contributed by atoms with E-state index in [2.05, 4.69) is 5.32 Å². The van der Waals surface area contributed by atoms with Gasteiger partial charge in [-0.05, 0) is 31.0 Å². The summed E-state index contributed by atoms with van der Waals surface area (Å²) in [6.45, 7) is 6.66. The highest BCUT2D eigenvalue weighted by molar-refractivity contribution is 5.91. The van der Waals surface area contributed by atoms with Gasteiger partial charge >= 0.3 is 12.0 Å². The van der Waals surface area contributed by atoms with Gasteiger partial charge in [0.05, 0.1) is 5.92 Å². The summed E-state index contributed by atoms with van der Waals surface area (Å²) in [5, 5.41) is 11.8. The van der Waals surface area contributed by atoms with Crippen molar-refractivity contribution in [3.8, 4) is 0 Å². The van der Waals surface area contributed by atoms with E-state index in [-0.39, 0.29) is 11.9 Å².